The number of hydrogen-bond acceptors (Lipinski definition) is 5. The van der Waals surface area contributed by atoms with Crippen molar-refractivity contribution in [1.82, 2.24) is 9.78 Å². The molecule has 0 aliphatic carbocycles. The number of benzene rings is 2. The normalized spacial score (nSPS) is 16.1. The quantitative estimate of drug-likeness (QED) is 0.586. The van der Waals surface area contributed by atoms with Crippen LogP contribution in [-0.2, 0) is 16.1 Å². The average Bonchev–Trinajstić information content (AvgIpc) is 3.45. The van der Waals surface area contributed by atoms with E-state index < -0.39 is 0 Å². The first-order chi connectivity index (χ1) is 13.8. The summed E-state index contributed by atoms with van der Waals surface area (Å²) >= 11 is 0. The van der Waals surface area contributed by atoms with E-state index >= 15 is 0 Å². The van der Waals surface area contributed by atoms with E-state index in [9.17, 15) is 4.79 Å². The zero-order valence-electron chi connectivity index (χ0n) is 15.5. The maximum Gasteiger partial charge on any atom is 0.338 e. The van der Waals surface area contributed by atoms with Crippen LogP contribution in [0.5, 0.6) is 5.75 Å². The van der Waals surface area contributed by atoms with Gasteiger partial charge in [-0.25, -0.2) is 9.48 Å². The molecule has 0 N–H and O–H groups in total. The summed E-state index contributed by atoms with van der Waals surface area (Å²) in [6, 6.07) is 16.6. The molecule has 6 nitrogen and oxygen atoms in total. The second kappa shape index (κ2) is 8.71. The van der Waals surface area contributed by atoms with E-state index in [4.69, 9.17) is 14.2 Å². The van der Waals surface area contributed by atoms with Crippen LogP contribution in [0.25, 0.3) is 5.69 Å². The molecule has 4 rings (SSSR count). The van der Waals surface area contributed by atoms with E-state index in [-0.39, 0.29) is 18.7 Å². The van der Waals surface area contributed by atoms with Crippen molar-refractivity contribution in [3.05, 3.63) is 78.1 Å². The monoisotopic (exact) mass is 378 g/mol. The van der Waals surface area contributed by atoms with Gasteiger partial charge in [0.2, 0.25) is 0 Å². The zero-order valence-corrected chi connectivity index (χ0v) is 15.5. The molecule has 2 heterocycles. The highest BCUT2D eigenvalue weighted by Gasteiger charge is 2.16. The van der Waals surface area contributed by atoms with Crippen LogP contribution in [0.15, 0.2) is 67.0 Å². The maximum atomic E-state index is 12.3. The van der Waals surface area contributed by atoms with Crippen molar-refractivity contribution in [2.75, 3.05) is 13.2 Å². The van der Waals surface area contributed by atoms with Crippen molar-refractivity contribution >= 4 is 5.97 Å². The number of aromatic nitrogens is 2. The number of ether oxygens (including phenoxy) is 3. The smallest absolute Gasteiger partial charge is 0.338 e. The van der Waals surface area contributed by atoms with E-state index in [1.54, 1.807) is 35.1 Å². The van der Waals surface area contributed by atoms with Crippen molar-refractivity contribution < 1.29 is 19.0 Å². The first-order valence-electron chi connectivity index (χ1n) is 9.38. The minimum atomic E-state index is -0.359. The summed E-state index contributed by atoms with van der Waals surface area (Å²) in [5.74, 6) is 0.364. The van der Waals surface area contributed by atoms with Gasteiger partial charge in [-0.15, -0.1) is 0 Å². The Labute approximate surface area is 163 Å². The summed E-state index contributed by atoms with van der Waals surface area (Å²) in [6.07, 6.45) is 5.90. The molecule has 1 saturated heterocycles. The van der Waals surface area contributed by atoms with E-state index in [2.05, 4.69) is 5.10 Å². The summed E-state index contributed by atoms with van der Waals surface area (Å²) in [6.45, 7) is 1.57. The molecule has 0 amide bonds. The lowest BCUT2D eigenvalue weighted by atomic mass is 10.2. The number of rotatable bonds is 7. The van der Waals surface area contributed by atoms with Crippen molar-refractivity contribution in [1.29, 1.82) is 0 Å². The molecule has 1 fully saturated rings. The Morgan fingerprint density at radius 2 is 1.96 bits per heavy atom. The van der Waals surface area contributed by atoms with Crippen molar-refractivity contribution in [2.45, 2.75) is 25.6 Å². The van der Waals surface area contributed by atoms with Gasteiger partial charge in [0.1, 0.15) is 19.0 Å². The molecule has 1 aliphatic rings. The van der Waals surface area contributed by atoms with Gasteiger partial charge in [-0.3, -0.25) is 0 Å². The van der Waals surface area contributed by atoms with Crippen LogP contribution < -0.4 is 4.74 Å². The topological polar surface area (TPSA) is 62.6 Å². The molecule has 144 valence electrons. The minimum absolute atomic E-state index is 0.171. The third kappa shape index (κ3) is 4.58. The third-order valence-electron chi connectivity index (χ3n) is 4.63. The highest BCUT2D eigenvalue weighted by atomic mass is 16.5. The molecule has 0 unspecified atom stereocenters. The molecule has 0 bridgehead atoms. The van der Waals surface area contributed by atoms with Gasteiger partial charge in [0.15, 0.2) is 0 Å². The Kier molecular flexibility index (Phi) is 5.68. The largest absolute Gasteiger partial charge is 0.491 e. The van der Waals surface area contributed by atoms with E-state index in [1.165, 1.54) is 0 Å². The van der Waals surface area contributed by atoms with Crippen LogP contribution in [-0.4, -0.2) is 35.1 Å². The lowest BCUT2D eigenvalue weighted by molar-refractivity contribution is 0.0472. The number of esters is 1. The summed E-state index contributed by atoms with van der Waals surface area (Å²) in [5, 5.41) is 4.19. The fourth-order valence-corrected chi connectivity index (χ4v) is 3.05. The van der Waals surface area contributed by atoms with Crippen LogP contribution in [0.4, 0.5) is 0 Å². The predicted octanol–water partition coefficient (Wildman–Crippen LogP) is 3.79. The molecule has 3 aromatic rings. The van der Waals surface area contributed by atoms with Crippen molar-refractivity contribution in [3.8, 4) is 11.4 Å². The molecule has 1 aliphatic heterocycles. The lowest BCUT2D eigenvalue weighted by Gasteiger charge is -2.11. The Bertz CT molecular complexity index is 883. The molecule has 2 aromatic carbocycles. The summed E-state index contributed by atoms with van der Waals surface area (Å²) in [4.78, 5) is 12.3. The molecular formula is C22H22N2O4. The molecule has 6 heteroatoms. The van der Waals surface area contributed by atoms with Crippen molar-refractivity contribution in [2.24, 2.45) is 0 Å². The third-order valence-corrected chi connectivity index (χ3v) is 4.63. The average molecular weight is 378 g/mol. The second-order valence-corrected chi connectivity index (χ2v) is 6.66. The van der Waals surface area contributed by atoms with Crippen LogP contribution in [0.3, 0.4) is 0 Å². The highest BCUT2D eigenvalue weighted by molar-refractivity contribution is 5.89. The first-order valence-corrected chi connectivity index (χ1v) is 9.38. The van der Waals surface area contributed by atoms with Crippen LogP contribution >= 0.6 is 0 Å². The van der Waals surface area contributed by atoms with Gasteiger partial charge >= 0.3 is 5.97 Å². The van der Waals surface area contributed by atoms with Crippen molar-refractivity contribution in [3.63, 3.8) is 0 Å². The van der Waals surface area contributed by atoms with Gasteiger partial charge < -0.3 is 14.2 Å². The molecule has 28 heavy (non-hydrogen) atoms. The van der Waals surface area contributed by atoms with Crippen LogP contribution in [0.2, 0.25) is 0 Å². The van der Waals surface area contributed by atoms with E-state index in [0.717, 1.165) is 36.4 Å². The molecular weight excluding hydrogens is 356 g/mol. The van der Waals surface area contributed by atoms with E-state index in [0.29, 0.717) is 12.2 Å². The Morgan fingerprint density at radius 3 is 2.64 bits per heavy atom. The summed E-state index contributed by atoms with van der Waals surface area (Å²) < 4.78 is 18.4. The van der Waals surface area contributed by atoms with Gasteiger partial charge in [0.25, 0.3) is 0 Å². The minimum Gasteiger partial charge on any atom is -0.491 e. The zero-order chi connectivity index (χ0) is 19.2. The Balaban J connectivity index is 1.27. The SMILES string of the molecule is O=C(OCc1ccc(-n2cccn2)cc1)c1ccc(OC[C@H]2CCCO2)cc1. The number of carbonyl (C=O) groups excluding carboxylic acids is 1. The summed E-state index contributed by atoms with van der Waals surface area (Å²) in [5.41, 5.74) is 2.37. The van der Waals surface area contributed by atoms with Crippen LogP contribution in [0.1, 0.15) is 28.8 Å². The van der Waals surface area contributed by atoms with Gasteiger partial charge in [-0.1, -0.05) is 12.1 Å². The predicted molar refractivity (Wildman–Crippen MR) is 104 cm³/mol. The number of carbonyl (C=O) groups is 1. The Morgan fingerprint density at radius 1 is 1.14 bits per heavy atom. The molecule has 0 saturated carbocycles. The Hall–Kier alpha value is -3.12. The van der Waals surface area contributed by atoms with Gasteiger partial charge in [-0.2, -0.15) is 5.10 Å². The number of nitrogens with zero attached hydrogens (tertiary/aromatic N) is 2. The highest BCUT2D eigenvalue weighted by Crippen LogP contribution is 2.17. The fraction of sp³-hybridized carbons (Fsp3) is 0.273. The first kappa shape index (κ1) is 18.3. The summed E-state index contributed by atoms with van der Waals surface area (Å²) in [7, 11) is 0. The maximum absolute atomic E-state index is 12.3. The molecule has 1 atom stereocenters. The van der Waals surface area contributed by atoms with Gasteiger partial charge in [0, 0.05) is 19.0 Å². The molecule has 0 spiro atoms. The lowest BCUT2D eigenvalue weighted by Crippen LogP contribution is -2.16. The second-order valence-electron chi connectivity index (χ2n) is 6.66. The molecule has 0 radical (unpaired) electrons. The standard InChI is InChI=1S/C22H22N2O4/c25-22(18-6-10-20(11-7-18)27-16-21-3-1-14-26-21)28-15-17-4-8-19(9-5-17)24-13-2-12-23-24/h2,4-13,21H,1,3,14-16H2/t21-/m1/s1. The fourth-order valence-electron chi connectivity index (χ4n) is 3.05. The van der Waals surface area contributed by atoms with E-state index in [1.807, 2.05) is 36.5 Å². The number of hydrogen-bond donors (Lipinski definition) is 0. The van der Waals surface area contributed by atoms with Gasteiger partial charge in [-0.05, 0) is 60.9 Å². The van der Waals surface area contributed by atoms with Crippen LogP contribution in [0, 0.1) is 0 Å². The van der Waals surface area contributed by atoms with Gasteiger partial charge in [0.05, 0.1) is 17.4 Å². The molecule has 1 aromatic heterocycles.